The van der Waals surface area contributed by atoms with Crippen LogP contribution in [0.4, 0.5) is 0 Å². The van der Waals surface area contributed by atoms with Crippen molar-refractivity contribution in [2.24, 2.45) is 5.41 Å². The van der Waals surface area contributed by atoms with Gasteiger partial charge in [-0.25, -0.2) is 0 Å². The zero-order chi connectivity index (χ0) is 12.8. The molecule has 0 heterocycles. The molecule has 0 aromatic rings. The Hall–Kier alpha value is -1.57. The highest BCUT2D eigenvalue weighted by Crippen LogP contribution is 2.16. The highest BCUT2D eigenvalue weighted by molar-refractivity contribution is 5.88. The monoisotopic (exact) mass is 225 g/mol. The van der Waals surface area contributed by atoms with Crippen molar-refractivity contribution in [2.45, 2.75) is 27.2 Å². The van der Waals surface area contributed by atoms with E-state index >= 15 is 0 Å². The van der Waals surface area contributed by atoms with Crippen LogP contribution in [0.25, 0.3) is 0 Å². The lowest BCUT2D eigenvalue weighted by atomic mass is 9.94. The molecule has 0 aliphatic heterocycles. The Morgan fingerprint density at radius 2 is 2.00 bits per heavy atom. The molecule has 1 N–H and O–H groups in total. The van der Waals surface area contributed by atoms with Crippen LogP contribution in [0, 0.1) is 16.7 Å². The SMILES string of the molecule is CCCNC(=O)CN(C)C(=O)C(C)(C)C#N. The van der Waals surface area contributed by atoms with Gasteiger partial charge in [0.15, 0.2) is 0 Å². The second kappa shape index (κ2) is 6.11. The van der Waals surface area contributed by atoms with Crippen LogP contribution >= 0.6 is 0 Å². The molecule has 16 heavy (non-hydrogen) atoms. The fourth-order valence-corrected chi connectivity index (χ4v) is 1.13. The summed E-state index contributed by atoms with van der Waals surface area (Å²) in [5, 5.41) is 11.5. The number of nitrogens with zero attached hydrogens (tertiary/aromatic N) is 2. The number of hydrogen-bond donors (Lipinski definition) is 1. The van der Waals surface area contributed by atoms with Gasteiger partial charge in [-0.2, -0.15) is 5.26 Å². The first-order valence-corrected chi connectivity index (χ1v) is 5.28. The minimum Gasteiger partial charge on any atom is -0.355 e. The van der Waals surface area contributed by atoms with Gasteiger partial charge in [0.2, 0.25) is 11.8 Å². The topological polar surface area (TPSA) is 73.2 Å². The summed E-state index contributed by atoms with van der Waals surface area (Å²) in [7, 11) is 1.52. The number of nitriles is 1. The van der Waals surface area contributed by atoms with Crippen LogP contribution in [0.3, 0.4) is 0 Å². The molecule has 0 aromatic heterocycles. The summed E-state index contributed by atoms with van der Waals surface area (Å²) >= 11 is 0. The van der Waals surface area contributed by atoms with Gasteiger partial charge in [-0.15, -0.1) is 0 Å². The molecular formula is C11H19N3O2. The van der Waals surface area contributed by atoms with E-state index in [1.807, 2.05) is 13.0 Å². The molecule has 0 aliphatic rings. The Morgan fingerprint density at radius 3 is 2.44 bits per heavy atom. The van der Waals surface area contributed by atoms with E-state index in [4.69, 9.17) is 5.26 Å². The van der Waals surface area contributed by atoms with Crippen LogP contribution in [0.5, 0.6) is 0 Å². The normalized spacial score (nSPS) is 10.4. The standard InChI is InChI=1S/C11H19N3O2/c1-5-6-13-9(15)7-14(4)10(16)11(2,3)8-12/h5-7H2,1-4H3,(H,13,15). The van der Waals surface area contributed by atoms with Crippen LogP contribution in [-0.2, 0) is 9.59 Å². The van der Waals surface area contributed by atoms with Gasteiger partial charge in [-0.3, -0.25) is 9.59 Å². The molecule has 0 rings (SSSR count). The average molecular weight is 225 g/mol. The maximum atomic E-state index is 11.7. The Balaban J connectivity index is 4.27. The first kappa shape index (κ1) is 14.4. The third-order valence-electron chi connectivity index (χ3n) is 2.11. The number of rotatable bonds is 5. The summed E-state index contributed by atoms with van der Waals surface area (Å²) < 4.78 is 0. The fourth-order valence-electron chi connectivity index (χ4n) is 1.13. The Bertz CT molecular complexity index is 305. The van der Waals surface area contributed by atoms with E-state index in [2.05, 4.69) is 5.32 Å². The average Bonchev–Trinajstić information content (AvgIpc) is 2.25. The second-order valence-corrected chi connectivity index (χ2v) is 4.25. The van der Waals surface area contributed by atoms with Crippen LogP contribution in [0.1, 0.15) is 27.2 Å². The Morgan fingerprint density at radius 1 is 1.44 bits per heavy atom. The lowest BCUT2D eigenvalue weighted by Crippen LogP contribution is -2.43. The first-order valence-electron chi connectivity index (χ1n) is 5.28. The van der Waals surface area contributed by atoms with Crippen LogP contribution < -0.4 is 5.32 Å². The van der Waals surface area contributed by atoms with Crippen molar-refractivity contribution in [3.8, 4) is 6.07 Å². The van der Waals surface area contributed by atoms with E-state index in [0.29, 0.717) is 6.54 Å². The van der Waals surface area contributed by atoms with Crippen molar-refractivity contribution in [3.63, 3.8) is 0 Å². The van der Waals surface area contributed by atoms with Gasteiger partial charge >= 0.3 is 0 Å². The zero-order valence-electron chi connectivity index (χ0n) is 10.3. The molecule has 5 heteroatoms. The largest absolute Gasteiger partial charge is 0.355 e. The predicted octanol–water partition coefficient (Wildman–Crippen LogP) is 0.521. The van der Waals surface area contributed by atoms with Gasteiger partial charge in [0.25, 0.3) is 0 Å². The maximum Gasteiger partial charge on any atom is 0.242 e. The highest BCUT2D eigenvalue weighted by atomic mass is 16.2. The number of likely N-dealkylation sites (N-methyl/N-ethyl adjacent to an activating group) is 1. The van der Waals surface area contributed by atoms with E-state index in [0.717, 1.165) is 6.42 Å². The quantitative estimate of drug-likeness (QED) is 0.741. The van der Waals surface area contributed by atoms with Crippen molar-refractivity contribution in [1.82, 2.24) is 10.2 Å². The summed E-state index contributed by atoms with van der Waals surface area (Å²) in [5.41, 5.74) is -1.08. The maximum absolute atomic E-state index is 11.7. The zero-order valence-corrected chi connectivity index (χ0v) is 10.3. The molecule has 0 aromatic carbocycles. The minimum absolute atomic E-state index is 0.00998. The number of nitrogens with one attached hydrogen (secondary N) is 1. The van der Waals surface area contributed by atoms with Gasteiger partial charge < -0.3 is 10.2 Å². The summed E-state index contributed by atoms with van der Waals surface area (Å²) in [6.07, 6.45) is 0.854. The minimum atomic E-state index is -1.08. The van der Waals surface area contributed by atoms with Crippen molar-refractivity contribution in [3.05, 3.63) is 0 Å². The smallest absolute Gasteiger partial charge is 0.242 e. The third-order valence-corrected chi connectivity index (χ3v) is 2.11. The molecule has 5 nitrogen and oxygen atoms in total. The molecule has 0 unspecified atom stereocenters. The van der Waals surface area contributed by atoms with Gasteiger partial charge in [-0.1, -0.05) is 6.92 Å². The summed E-state index contributed by atoms with van der Waals surface area (Å²) in [4.78, 5) is 24.3. The molecule has 0 radical (unpaired) electrons. The van der Waals surface area contributed by atoms with Gasteiger partial charge in [-0.05, 0) is 20.3 Å². The molecule has 0 saturated heterocycles. The van der Waals surface area contributed by atoms with E-state index in [9.17, 15) is 9.59 Å². The fraction of sp³-hybridized carbons (Fsp3) is 0.727. The summed E-state index contributed by atoms with van der Waals surface area (Å²) in [5.74, 6) is -0.548. The predicted molar refractivity (Wildman–Crippen MR) is 60.3 cm³/mol. The molecule has 0 bridgehead atoms. The van der Waals surface area contributed by atoms with Crippen LogP contribution in [0.2, 0.25) is 0 Å². The molecule has 0 saturated carbocycles. The molecule has 2 amide bonds. The molecule has 0 aliphatic carbocycles. The van der Waals surface area contributed by atoms with Gasteiger partial charge in [0.05, 0.1) is 12.6 Å². The second-order valence-electron chi connectivity index (χ2n) is 4.25. The van der Waals surface area contributed by atoms with Gasteiger partial charge in [0.1, 0.15) is 5.41 Å². The van der Waals surface area contributed by atoms with Crippen molar-refractivity contribution < 1.29 is 9.59 Å². The lowest BCUT2D eigenvalue weighted by Gasteiger charge is -2.23. The third kappa shape index (κ3) is 4.30. The Labute approximate surface area is 96.4 Å². The lowest BCUT2D eigenvalue weighted by molar-refractivity contribution is -0.139. The number of carbonyl (C=O) groups is 2. The van der Waals surface area contributed by atoms with Gasteiger partial charge in [0, 0.05) is 13.6 Å². The molecule has 0 spiro atoms. The van der Waals surface area contributed by atoms with Crippen molar-refractivity contribution in [1.29, 1.82) is 5.26 Å². The van der Waals surface area contributed by atoms with Crippen molar-refractivity contribution in [2.75, 3.05) is 20.1 Å². The molecule has 90 valence electrons. The molecule has 0 fully saturated rings. The summed E-state index contributed by atoms with van der Waals surface area (Å²) in [6.45, 7) is 5.62. The van der Waals surface area contributed by atoms with E-state index in [1.165, 1.54) is 25.8 Å². The van der Waals surface area contributed by atoms with E-state index < -0.39 is 5.41 Å². The first-order chi connectivity index (χ1) is 7.35. The van der Waals surface area contributed by atoms with E-state index in [-0.39, 0.29) is 18.4 Å². The highest BCUT2D eigenvalue weighted by Gasteiger charge is 2.30. The molecular weight excluding hydrogens is 206 g/mol. The van der Waals surface area contributed by atoms with Crippen LogP contribution in [0.15, 0.2) is 0 Å². The van der Waals surface area contributed by atoms with Crippen LogP contribution in [-0.4, -0.2) is 36.9 Å². The summed E-state index contributed by atoms with van der Waals surface area (Å²) in [6, 6.07) is 1.92. The number of carbonyl (C=O) groups excluding carboxylic acids is 2. The molecule has 0 atom stereocenters. The van der Waals surface area contributed by atoms with Crippen molar-refractivity contribution >= 4 is 11.8 Å². The van der Waals surface area contributed by atoms with E-state index in [1.54, 1.807) is 0 Å². The Kier molecular flexibility index (Phi) is 5.51. The number of amides is 2. The number of hydrogen-bond acceptors (Lipinski definition) is 3.